The minimum absolute atomic E-state index is 0.119. The van der Waals surface area contributed by atoms with Crippen molar-refractivity contribution in [2.75, 3.05) is 6.61 Å². The fraction of sp³-hybridized carbons (Fsp3) is 0.417. The van der Waals surface area contributed by atoms with Gasteiger partial charge in [-0.05, 0) is 31.4 Å². The summed E-state index contributed by atoms with van der Waals surface area (Å²) in [7, 11) is 0. The molecule has 4 heteroatoms. The van der Waals surface area contributed by atoms with Crippen LogP contribution in [-0.2, 0) is 4.74 Å². The van der Waals surface area contributed by atoms with Crippen LogP contribution < -0.4 is 0 Å². The summed E-state index contributed by atoms with van der Waals surface area (Å²) in [6, 6.07) is 6.07. The molecule has 0 aliphatic carbocycles. The average Bonchev–Trinajstić information content (AvgIpc) is 2.76. The molecule has 0 unspecified atom stereocenters. The molecule has 1 atom stereocenters. The number of fused-ring (bicyclic) bond motifs is 1. The summed E-state index contributed by atoms with van der Waals surface area (Å²) in [5, 5.41) is 5.71. The normalized spacial score (nSPS) is 21.4. The van der Waals surface area contributed by atoms with Crippen molar-refractivity contribution in [3.8, 4) is 0 Å². The molecule has 2 heterocycles. The molecule has 0 N–H and O–H groups in total. The SMILES string of the molecule is Brc1cccc2nn([C@@H]3CCCCO3)cc12. The van der Waals surface area contributed by atoms with E-state index in [0.717, 1.165) is 28.4 Å². The van der Waals surface area contributed by atoms with Crippen molar-refractivity contribution in [2.24, 2.45) is 0 Å². The molecule has 1 aliphatic heterocycles. The average molecular weight is 281 g/mol. The van der Waals surface area contributed by atoms with Crippen LogP contribution in [0.15, 0.2) is 28.9 Å². The van der Waals surface area contributed by atoms with Crippen LogP contribution in [0.1, 0.15) is 25.5 Å². The summed E-state index contributed by atoms with van der Waals surface area (Å²) in [6.07, 6.45) is 5.64. The molecule has 1 aromatic heterocycles. The lowest BCUT2D eigenvalue weighted by atomic mass is 10.2. The van der Waals surface area contributed by atoms with Gasteiger partial charge in [-0.1, -0.05) is 22.0 Å². The first-order valence-corrected chi connectivity index (χ1v) is 6.39. The molecule has 1 saturated heterocycles. The molecule has 2 aromatic rings. The van der Waals surface area contributed by atoms with Gasteiger partial charge in [-0.25, -0.2) is 4.68 Å². The Kier molecular flexibility index (Phi) is 2.69. The van der Waals surface area contributed by atoms with Crippen LogP contribution in [0.5, 0.6) is 0 Å². The van der Waals surface area contributed by atoms with Gasteiger partial charge in [-0.3, -0.25) is 0 Å². The van der Waals surface area contributed by atoms with E-state index in [1.165, 1.54) is 12.8 Å². The van der Waals surface area contributed by atoms with E-state index in [2.05, 4.69) is 27.2 Å². The molecule has 16 heavy (non-hydrogen) atoms. The van der Waals surface area contributed by atoms with Crippen molar-refractivity contribution in [3.05, 3.63) is 28.9 Å². The third-order valence-corrected chi connectivity index (χ3v) is 3.66. The van der Waals surface area contributed by atoms with Crippen LogP contribution in [-0.4, -0.2) is 16.4 Å². The third kappa shape index (κ3) is 1.76. The number of aromatic nitrogens is 2. The Hall–Kier alpha value is -0.870. The molecule has 0 amide bonds. The lowest BCUT2D eigenvalue weighted by Gasteiger charge is -2.22. The Balaban J connectivity index is 2.01. The second-order valence-electron chi connectivity index (χ2n) is 4.10. The molecule has 0 saturated carbocycles. The van der Waals surface area contributed by atoms with E-state index in [1.54, 1.807) is 0 Å². The van der Waals surface area contributed by atoms with Crippen molar-refractivity contribution in [2.45, 2.75) is 25.5 Å². The summed E-state index contributed by atoms with van der Waals surface area (Å²) in [5.74, 6) is 0. The van der Waals surface area contributed by atoms with Crippen LogP contribution >= 0.6 is 15.9 Å². The van der Waals surface area contributed by atoms with Gasteiger partial charge in [0.1, 0.15) is 6.23 Å². The van der Waals surface area contributed by atoms with E-state index in [-0.39, 0.29) is 6.23 Å². The lowest BCUT2D eigenvalue weighted by Crippen LogP contribution is -2.18. The van der Waals surface area contributed by atoms with Crippen molar-refractivity contribution in [3.63, 3.8) is 0 Å². The van der Waals surface area contributed by atoms with Gasteiger partial charge in [0.15, 0.2) is 0 Å². The number of rotatable bonds is 1. The zero-order valence-electron chi connectivity index (χ0n) is 8.90. The van der Waals surface area contributed by atoms with E-state index in [4.69, 9.17) is 4.74 Å². The highest BCUT2D eigenvalue weighted by Crippen LogP contribution is 2.27. The Bertz CT molecular complexity index is 503. The highest BCUT2D eigenvalue weighted by molar-refractivity contribution is 9.10. The third-order valence-electron chi connectivity index (χ3n) is 2.97. The highest BCUT2D eigenvalue weighted by Gasteiger charge is 2.17. The van der Waals surface area contributed by atoms with Crippen LogP contribution in [0.2, 0.25) is 0 Å². The highest BCUT2D eigenvalue weighted by atomic mass is 79.9. The molecule has 1 aromatic carbocycles. The van der Waals surface area contributed by atoms with Crippen molar-refractivity contribution >= 4 is 26.8 Å². The first kappa shape index (κ1) is 10.3. The maximum Gasteiger partial charge on any atom is 0.150 e. The first-order valence-electron chi connectivity index (χ1n) is 5.59. The fourth-order valence-corrected chi connectivity index (χ4v) is 2.56. The number of benzene rings is 1. The van der Waals surface area contributed by atoms with Crippen molar-refractivity contribution in [1.82, 2.24) is 9.78 Å². The standard InChI is InChI=1S/C12H13BrN2O/c13-10-4-3-5-11-9(10)8-15(14-11)12-6-1-2-7-16-12/h3-5,8,12H,1-2,6-7H2/t12-/m0/s1. The van der Waals surface area contributed by atoms with Crippen LogP contribution in [0.3, 0.4) is 0 Å². The van der Waals surface area contributed by atoms with E-state index >= 15 is 0 Å². The molecule has 0 bridgehead atoms. The number of hydrogen-bond acceptors (Lipinski definition) is 2. The van der Waals surface area contributed by atoms with Gasteiger partial charge in [0.2, 0.25) is 0 Å². The van der Waals surface area contributed by atoms with Crippen molar-refractivity contribution < 1.29 is 4.74 Å². The predicted molar refractivity (Wildman–Crippen MR) is 66.3 cm³/mol. The molecular formula is C12H13BrN2O. The maximum absolute atomic E-state index is 5.72. The van der Waals surface area contributed by atoms with Gasteiger partial charge in [-0.2, -0.15) is 5.10 Å². The second-order valence-corrected chi connectivity index (χ2v) is 4.96. The summed E-state index contributed by atoms with van der Waals surface area (Å²) in [6.45, 7) is 0.849. The number of nitrogens with zero attached hydrogens (tertiary/aromatic N) is 2. The van der Waals surface area contributed by atoms with E-state index in [0.29, 0.717) is 0 Å². The van der Waals surface area contributed by atoms with Gasteiger partial charge >= 0.3 is 0 Å². The van der Waals surface area contributed by atoms with E-state index in [9.17, 15) is 0 Å². The number of halogens is 1. The summed E-state index contributed by atoms with van der Waals surface area (Å²) >= 11 is 3.54. The Morgan fingerprint density at radius 1 is 1.38 bits per heavy atom. The Morgan fingerprint density at radius 2 is 2.31 bits per heavy atom. The molecule has 3 nitrogen and oxygen atoms in total. The smallest absolute Gasteiger partial charge is 0.150 e. The largest absolute Gasteiger partial charge is 0.357 e. The van der Waals surface area contributed by atoms with Gasteiger partial charge in [0.25, 0.3) is 0 Å². The lowest BCUT2D eigenvalue weighted by molar-refractivity contribution is -0.0390. The Morgan fingerprint density at radius 3 is 3.06 bits per heavy atom. The Labute approximate surface area is 103 Å². The molecule has 0 spiro atoms. The second kappa shape index (κ2) is 4.18. The first-order chi connectivity index (χ1) is 7.84. The van der Waals surface area contributed by atoms with Gasteiger partial charge in [-0.15, -0.1) is 0 Å². The van der Waals surface area contributed by atoms with E-state index in [1.807, 2.05) is 22.9 Å². The summed E-state index contributed by atoms with van der Waals surface area (Å²) < 4.78 is 8.76. The topological polar surface area (TPSA) is 27.1 Å². The maximum atomic E-state index is 5.72. The molecule has 1 fully saturated rings. The zero-order valence-corrected chi connectivity index (χ0v) is 10.5. The minimum atomic E-state index is 0.119. The zero-order chi connectivity index (χ0) is 11.0. The summed E-state index contributed by atoms with van der Waals surface area (Å²) in [5.41, 5.74) is 1.02. The van der Waals surface area contributed by atoms with Gasteiger partial charge < -0.3 is 4.74 Å². The number of ether oxygens (including phenoxy) is 1. The molecule has 0 radical (unpaired) electrons. The monoisotopic (exact) mass is 280 g/mol. The van der Waals surface area contributed by atoms with Crippen LogP contribution in [0.25, 0.3) is 10.9 Å². The molecular weight excluding hydrogens is 268 g/mol. The van der Waals surface area contributed by atoms with Crippen LogP contribution in [0.4, 0.5) is 0 Å². The van der Waals surface area contributed by atoms with Gasteiger partial charge in [0, 0.05) is 22.7 Å². The van der Waals surface area contributed by atoms with Crippen molar-refractivity contribution in [1.29, 1.82) is 0 Å². The van der Waals surface area contributed by atoms with E-state index < -0.39 is 0 Å². The molecule has 3 rings (SSSR count). The fourth-order valence-electron chi connectivity index (χ4n) is 2.11. The minimum Gasteiger partial charge on any atom is -0.357 e. The quantitative estimate of drug-likeness (QED) is 0.800. The molecule has 1 aliphatic rings. The number of hydrogen-bond donors (Lipinski definition) is 0. The van der Waals surface area contributed by atoms with Crippen LogP contribution in [0, 0.1) is 0 Å². The summed E-state index contributed by atoms with van der Waals surface area (Å²) in [4.78, 5) is 0. The van der Waals surface area contributed by atoms with Gasteiger partial charge in [0.05, 0.1) is 5.52 Å². The predicted octanol–water partition coefficient (Wildman–Crippen LogP) is 3.50. The molecule has 84 valence electrons.